The topological polar surface area (TPSA) is 24.1 Å². The SMILES string of the molecule is CC(C)C1CC(c2ccc(C3CC(C(C)C)NC(C(C)C)C3)cc2)CC(C(C)C)N1. The number of benzene rings is 1. The first-order valence-electron chi connectivity index (χ1n) is 12.8. The third-order valence-corrected chi connectivity index (χ3v) is 8.11. The Labute approximate surface area is 187 Å². The van der Waals surface area contributed by atoms with Crippen LogP contribution in [0, 0.1) is 23.7 Å². The monoisotopic (exact) mass is 412 g/mol. The van der Waals surface area contributed by atoms with E-state index in [0.29, 0.717) is 59.7 Å². The molecule has 0 spiro atoms. The minimum Gasteiger partial charge on any atom is -0.311 e. The fraction of sp³-hybridized carbons (Fsp3) is 0.786. The van der Waals surface area contributed by atoms with E-state index in [1.54, 1.807) is 11.1 Å². The van der Waals surface area contributed by atoms with Crippen LogP contribution >= 0.6 is 0 Å². The van der Waals surface area contributed by atoms with Crippen LogP contribution in [0.2, 0.25) is 0 Å². The summed E-state index contributed by atoms with van der Waals surface area (Å²) in [5.74, 6) is 4.18. The van der Waals surface area contributed by atoms with Gasteiger partial charge in [-0.2, -0.15) is 0 Å². The molecule has 1 aromatic rings. The maximum atomic E-state index is 3.94. The molecule has 0 aromatic heterocycles. The molecule has 2 fully saturated rings. The summed E-state index contributed by atoms with van der Waals surface area (Å²) in [6.07, 6.45) is 5.10. The number of hydrogen-bond donors (Lipinski definition) is 2. The minimum absolute atomic E-state index is 0.638. The van der Waals surface area contributed by atoms with Crippen molar-refractivity contribution in [1.82, 2.24) is 10.6 Å². The van der Waals surface area contributed by atoms with Gasteiger partial charge in [0.05, 0.1) is 0 Å². The van der Waals surface area contributed by atoms with Crippen molar-refractivity contribution in [2.24, 2.45) is 23.7 Å². The highest BCUT2D eigenvalue weighted by atomic mass is 15.0. The van der Waals surface area contributed by atoms with Gasteiger partial charge in [-0.1, -0.05) is 79.7 Å². The Bertz CT molecular complexity index is 556. The molecule has 2 aliphatic rings. The average molecular weight is 413 g/mol. The number of piperidine rings is 2. The zero-order chi connectivity index (χ0) is 22.0. The molecule has 2 saturated heterocycles. The maximum absolute atomic E-state index is 3.94. The Morgan fingerprint density at radius 3 is 0.933 bits per heavy atom. The smallest absolute Gasteiger partial charge is 0.00985 e. The lowest BCUT2D eigenvalue weighted by Gasteiger charge is -2.41. The van der Waals surface area contributed by atoms with Crippen LogP contribution in [-0.4, -0.2) is 24.2 Å². The molecule has 30 heavy (non-hydrogen) atoms. The summed E-state index contributed by atoms with van der Waals surface area (Å²) in [6, 6.07) is 12.4. The molecule has 0 radical (unpaired) electrons. The van der Waals surface area contributed by atoms with E-state index in [2.05, 4.69) is 90.3 Å². The first-order chi connectivity index (χ1) is 14.2. The van der Waals surface area contributed by atoms with E-state index < -0.39 is 0 Å². The van der Waals surface area contributed by atoms with Crippen LogP contribution in [-0.2, 0) is 0 Å². The lowest BCUT2D eigenvalue weighted by atomic mass is 9.75. The molecule has 0 bridgehead atoms. The lowest BCUT2D eigenvalue weighted by molar-refractivity contribution is 0.208. The van der Waals surface area contributed by atoms with Gasteiger partial charge in [0.15, 0.2) is 0 Å². The zero-order valence-electron chi connectivity index (χ0n) is 20.9. The van der Waals surface area contributed by atoms with Gasteiger partial charge in [-0.25, -0.2) is 0 Å². The molecule has 170 valence electrons. The molecule has 4 unspecified atom stereocenters. The van der Waals surface area contributed by atoms with Crippen molar-refractivity contribution in [2.45, 2.75) is 117 Å². The lowest BCUT2D eigenvalue weighted by Crippen LogP contribution is -2.49. The second-order valence-electron chi connectivity index (χ2n) is 11.7. The summed E-state index contributed by atoms with van der Waals surface area (Å²) >= 11 is 0. The molecular formula is C28H48N2. The third kappa shape index (κ3) is 5.68. The van der Waals surface area contributed by atoms with Crippen molar-refractivity contribution in [2.75, 3.05) is 0 Å². The molecule has 4 atom stereocenters. The summed E-state index contributed by atoms with van der Waals surface area (Å²) < 4.78 is 0. The summed E-state index contributed by atoms with van der Waals surface area (Å²) in [5, 5.41) is 7.88. The second kappa shape index (κ2) is 10.2. The zero-order valence-corrected chi connectivity index (χ0v) is 20.9. The van der Waals surface area contributed by atoms with E-state index in [-0.39, 0.29) is 0 Å². The standard InChI is InChI=1S/C28H48N2/c1-17(2)25-13-23(14-26(29-25)18(3)4)21-9-11-22(12-10-21)24-15-27(19(5)6)30-28(16-24)20(7)8/h9-12,17-20,23-30H,13-16H2,1-8H3. The van der Waals surface area contributed by atoms with Crippen molar-refractivity contribution in [3.63, 3.8) is 0 Å². The molecular weight excluding hydrogens is 364 g/mol. The van der Waals surface area contributed by atoms with Gasteiger partial charge in [-0.15, -0.1) is 0 Å². The molecule has 2 nitrogen and oxygen atoms in total. The van der Waals surface area contributed by atoms with Crippen LogP contribution in [0.1, 0.15) is 104 Å². The Balaban J connectivity index is 1.74. The average Bonchev–Trinajstić information content (AvgIpc) is 2.73. The third-order valence-electron chi connectivity index (χ3n) is 8.11. The van der Waals surface area contributed by atoms with Gasteiger partial charge in [0.1, 0.15) is 0 Å². The second-order valence-corrected chi connectivity index (χ2v) is 11.7. The van der Waals surface area contributed by atoms with Crippen LogP contribution in [0.4, 0.5) is 0 Å². The number of nitrogens with one attached hydrogen (secondary N) is 2. The molecule has 1 aromatic carbocycles. The molecule has 3 rings (SSSR count). The maximum Gasteiger partial charge on any atom is 0.00985 e. The highest BCUT2D eigenvalue weighted by molar-refractivity contribution is 5.29. The van der Waals surface area contributed by atoms with Crippen molar-refractivity contribution >= 4 is 0 Å². The van der Waals surface area contributed by atoms with Crippen LogP contribution in [0.3, 0.4) is 0 Å². The van der Waals surface area contributed by atoms with E-state index >= 15 is 0 Å². The van der Waals surface area contributed by atoms with E-state index in [9.17, 15) is 0 Å². The van der Waals surface area contributed by atoms with Gasteiger partial charge < -0.3 is 10.6 Å². The normalized spacial score (nSPS) is 33.1. The summed E-state index contributed by atoms with van der Waals surface area (Å²) in [4.78, 5) is 0. The molecule has 2 heterocycles. The first kappa shape index (κ1) is 23.8. The molecule has 2 heteroatoms. The van der Waals surface area contributed by atoms with E-state index in [1.807, 2.05) is 0 Å². The summed E-state index contributed by atoms with van der Waals surface area (Å²) in [7, 11) is 0. The minimum atomic E-state index is 0.638. The van der Waals surface area contributed by atoms with Crippen molar-refractivity contribution in [3.05, 3.63) is 35.4 Å². The predicted octanol–water partition coefficient (Wildman–Crippen LogP) is 6.72. The first-order valence-corrected chi connectivity index (χ1v) is 12.8. The molecule has 0 amide bonds. The van der Waals surface area contributed by atoms with Crippen molar-refractivity contribution in [3.8, 4) is 0 Å². The van der Waals surface area contributed by atoms with Crippen LogP contribution in [0.5, 0.6) is 0 Å². The predicted molar refractivity (Wildman–Crippen MR) is 131 cm³/mol. The highest BCUT2D eigenvalue weighted by Crippen LogP contribution is 2.38. The van der Waals surface area contributed by atoms with Crippen LogP contribution < -0.4 is 10.6 Å². The van der Waals surface area contributed by atoms with Crippen molar-refractivity contribution < 1.29 is 0 Å². The van der Waals surface area contributed by atoms with Gasteiger partial charge >= 0.3 is 0 Å². The van der Waals surface area contributed by atoms with E-state index in [1.165, 1.54) is 25.7 Å². The Morgan fingerprint density at radius 1 is 0.500 bits per heavy atom. The molecule has 2 aliphatic heterocycles. The van der Waals surface area contributed by atoms with Gasteiger partial charge in [0, 0.05) is 24.2 Å². The summed E-state index contributed by atoms with van der Waals surface area (Å²) in [5.41, 5.74) is 3.12. The van der Waals surface area contributed by atoms with E-state index in [0.717, 1.165) is 0 Å². The van der Waals surface area contributed by atoms with Gasteiger partial charge in [-0.05, 0) is 72.3 Å². The Kier molecular flexibility index (Phi) is 8.07. The fourth-order valence-electron chi connectivity index (χ4n) is 5.68. The largest absolute Gasteiger partial charge is 0.311 e. The Morgan fingerprint density at radius 2 is 0.733 bits per heavy atom. The molecule has 2 N–H and O–H groups in total. The van der Waals surface area contributed by atoms with Gasteiger partial charge in [0.25, 0.3) is 0 Å². The number of hydrogen-bond acceptors (Lipinski definition) is 2. The number of rotatable bonds is 6. The van der Waals surface area contributed by atoms with Crippen LogP contribution in [0.15, 0.2) is 24.3 Å². The van der Waals surface area contributed by atoms with Crippen LogP contribution in [0.25, 0.3) is 0 Å². The van der Waals surface area contributed by atoms with Gasteiger partial charge in [0.2, 0.25) is 0 Å². The van der Waals surface area contributed by atoms with Gasteiger partial charge in [-0.3, -0.25) is 0 Å². The highest BCUT2D eigenvalue weighted by Gasteiger charge is 2.34. The van der Waals surface area contributed by atoms with Crippen molar-refractivity contribution in [1.29, 1.82) is 0 Å². The molecule has 0 aliphatic carbocycles. The van der Waals surface area contributed by atoms with E-state index in [4.69, 9.17) is 0 Å². The molecule has 0 saturated carbocycles. The Hall–Kier alpha value is -0.860. The summed E-state index contributed by atoms with van der Waals surface area (Å²) in [6.45, 7) is 19.0. The fourth-order valence-corrected chi connectivity index (χ4v) is 5.68. The quantitative estimate of drug-likeness (QED) is 0.542.